The third-order valence-electron chi connectivity index (χ3n) is 2.62. The summed E-state index contributed by atoms with van der Waals surface area (Å²) < 4.78 is 37.3. The molecule has 0 saturated carbocycles. The summed E-state index contributed by atoms with van der Waals surface area (Å²) in [7, 11) is 0. The largest absolute Gasteiger partial charge is 0.445 e. The fourth-order valence-electron chi connectivity index (χ4n) is 1.75. The molecule has 5 nitrogen and oxygen atoms in total. The van der Waals surface area contributed by atoms with Crippen LogP contribution in [0.2, 0.25) is 0 Å². The van der Waals surface area contributed by atoms with E-state index in [1.807, 2.05) is 0 Å². The zero-order chi connectivity index (χ0) is 14.9. The van der Waals surface area contributed by atoms with Crippen molar-refractivity contribution in [1.82, 2.24) is 10.2 Å². The lowest BCUT2D eigenvalue weighted by Crippen LogP contribution is -2.24. The van der Waals surface area contributed by atoms with E-state index in [1.54, 1.807) is 0 Å². The minimum absolute atomic E-state index is 0.0438. The highest BCUT2D eigenvalue weighted by Crippen LogP contribution is 2.36. The molecule has 0 aromatic carbocycles. The monoisotopic (exact) mass is 325 g/mol. The minimum atomic E-state index is -4.55. The fraction of sp³-hybridized carbons (Fsp3) is 0.600. The van der Waals surface area contributed by atoms with E-state index in [4.69, 9.17) is 0 Å². The molecule has 1 aromatic rings. The molecule has 0 aliphatic carbocycles. The molecule has 1 aliphatic heterocycles. The van der Waals surface area contributed by atoms with Crippen molar-refractivity contribution in [2.75, 3.05) is 17.2 Å². The van der Waals surface area contributed by atoms with Gasteiger partial charge >= 0.3 is 6.18 Å². The molecule has 110 valence electrons. The predicted octanol–water partition coefficient (Wildman–Crippen LogP) is 2.19. The lowest BCUT2D eigenvalue weighted by molar-refractivity contribution is -0.138. The van der Waals surface area contributed by atoms with Crippen molar-refractivity contribution in [3.8, 4) is 0 Å². The molecule has 1 atom stereocenters. The van der Waals surface area contributed by atoms with Crippen LogP contribution in [0.3, 0.4) is 0 Å². The molecule has 0 spiro atoms. The van der Waals surface area contributed by atoms with Crippen LogP contribution in [0, 0.1) is 5.92 Å². The van der Waals surface area contributed by atoms with E-state index in [0.717, 1.165) is 11.8 Å². The lowest BCUT2D eigenvalue weighted by Gasteiger charge is -2.11. The molecule has 20 heavy (non-hydrogen) atoms. The van der Waals surface area contributed by atoms with E-state index in [1.165, 1.54) is 11.8 Å². The number of halogens is 3. The normalized spacial score (nSPS) is 19.7. The third kappa shape index (κ3) is 3.48. The summed E-state index contributed by atoms with van der Waals surface area (Å²) in [4.78, 5) is 23.9. The van der Waals surface area contributed by atoms with Gasteiger partial charge in [0.1, 0.15) is 0 Å². The number of carbonyl (C=O) groups excluding carboxylic acids is 2. The molecular weight excluding hydrogens is 315 g/mol. The first-order valence-corrected chi connectivity index (χ1v) is 7.42. The molecular formula is C10H10F3N3O2S2. The van der Waals surface area contributed by atoms with Gasteiger partial charge in [-0.3, -0.25) is 14.5 Å². The molecule has 2 heterocycles. The van der Waals surface area contributed by atoms with Gasteiger partial charge in [-0.2, -0.15) is 13.2 Å². The standard InChI is InChI=1S/C10H10F3N3O2S2/c1-5(17)19-4-6-2-7(18)16(3-6)9-15-14-8(20-9)10(11,12)13/h6H,2-4H2,1H3. The second kappa shape index (κ2) is 5.68. The summed E-state index contributed by atoms with van der Waals surface area (Å²) in [6.45, 7) is 1.70. The van der Waals surface area contributed by atoms with Crippen molar-refractivity contribution in [1.29, 1.82) is 0 Å². The maximum absolute atomic E-state index is 12.4. The van der Waals surface area contributed by atoms with Crippen molar-refractivity contribution >= 4 is 39.3 Å². The zero-order valence-electron chi connectivity index (χ0n) is 10.3. The highest BCUT2D eigenvalue weighted by Gasteiger charge is 2.38. The van der Waals surface area contributed by atoms with Crippen LogP contribution in [-0.4, -0.2) is 33.5 Å². The average molecular weight is 325 g/mol. The number of rotatable bonds is 3. The molecule has 1 amide bonds. The maximum Gasteiger partial charge on any atom is 0.445 e. The van der Waals surface area contributed by atoms with Gasteiger partial charge in [0.2, 0.25) is 16.0 Å². The van der Waals surface area contributed by atoms with Crippen LogP contribution >= 0.6 is 23.1 Å². The summed E-state index contributed by atoms with van der Waals surface area (Å²) in [6, 6.07) is 0. The van der Waals surface area contributed by atoms with E-state index in [9.17, 15) is 22.8 Å². The molecule has 1 fully saturated rings. The van der Waals surface area contributed by atoms with Gasteiger partial charge in [-0.15, -0.1) is 10.2 Å². The summed E-state index contributed by atoms with van der Waals surface area (Å²) in [5.74, 6) is 0.126. The fourth-order valence-corrected chi connectivity index (χ4v) is 3.18. The average Bonchev–Trinajstić information content (AvgIpc) is 2.91. The molecule has 1 unspecified atom stereocenters. The summed E-state index contributed by atoms with van der Waals surface area (Å²) >= 11 is 1.46. The third-order valence-corrected chi connectivity index (χ3v) is 4.65. The number of nitrogens with zero attached hydrogens (tertiary/aromatic N) is 3. The van der Waals surface area contributed by atoms with Crippen molar-refractivity contribution in [2.45, 2.75) is 19.5 Å². The van der Waals surface area contributed by atoms with Crippen LogP contribution < -0.4 is 4.90 Å². The zero-order valence-corrected chi connectivity index (χ0v) is 11.9. The first kappa shape index (κ1) is 15.2. The van der Waals surface area contributed by atoms with Gasteiger partial charge < -0.3 is 0 Å². The molecule has 10 heteroatoms. The van der Waals surface area contributed by atoms with E-state index in [-0.39, 0.29) is 35.0 Å². The number of anilines is 1. The first-order chi connectivity index (χ1) is 9.27. The van der Waals surface area contributed by atoms with Crippen LogP contribution in [0.25, 0.3) is 0 Å². The van der Waals surface area contributed by atoms with Gasteiger partial charge in [-0.1, -0.05) is 23.1 Å². The molecule has 1 aromatic heterocycles. The Morgan fingerprint density at radius 2 is 2.20 bits per heavy atom. The smallest absolute Gasteiger partial charge is 0.288 e. The van der Waals surface area contributed by atoms with Gasteiger partial charge in [0.05, 0.1) is 0 Å². The quantitative estimate of drug-likeness (QED) is 0.852. The number of hydrogen-bond donors (Lipinski definition) is 0. The number of aromatic nitrogens is 2. The Bertz CT molecular complexity index is 532. The van der Waals surface area contributed by atoms with Crippen molar-refractivity contribution in [2.24, 2.45) is 5.92 Å². The van der Waals surface area contributed by atoms with E-state index < -0.39 is 11.2 Å². The predicted molar refractivity (Wildman–Crippen MR) is 68.5 cm³/mol. The van der Waals surface area contributed by atoms with E-state index in [2.05, 4.69) is 10.2 Å². The second-order valence-electron chi connectivity index (χ2n) is 4.26. The summed E-state index contributed by atoms with van der Waals surface area (Å²) in [5, 5.41) is 5.32. The van der Waals surface area contributed by atoms with Crippen LogP contribution in [0.1, 0.15) is 18.4 Å². The second-order valence-corrected chi connectivity index (χ2v) is 6.42. The number of alkyl halides is 3. The van der Waals surface area contributed by atoms with Gasteiger partial charge in [0.25, 0.3) is 0 Å². The van der Waals surface area contributed by atoms with Crippen molar-refractivity contribution in [3.05, 3.63) is 5.01 Å². The molecule has 0 radical (unpaired) electrons. The molecule has 0 bridgehead atoms. The molecule has 1 saturated heterocycles. The van der Waals surface area contributed by atoms with Crippen LogP contribution in [-0.2, 0) is 15.8 Å². The SMILES string of the molecule is CC(=O)SCC1CC(=O)N(c2nnc(C(F)(F)F)s2)C1. The Balaban J connectivity index is 2.04. The number of amides is 1. The molecule has 2 rings (SSSR count). The van der Waals surface area contributed by atoms with E-state index in [0.29, 0.717) is 17.1 Å². The Hall–Kier alpha value is -1.16. The van der Waals surface area contributed by atoms with Crippen LogP contribution in [0.5, 0.6) is 0 Å². The minimum Gasteiger partial charge on any atom is -0.288 e. The Labute approximate surface area is 120 Å². The van der Waals surface area contributed by atoms with Gasteiger partial charge in [0.15, 0.2) is 5.12 Å². The number of carbonyl (C=O) groups is 2. The topological polar surface area (TPSA) is 63.2 Å². The summed E-state index contributed by atoms with van der Waals surface area (Å²) in [6.07, 6.45) is -4.34. The summed E-state index contributed by atoms with van der Waals surface area (Å²) in [5.41, 5.74) is 0. The Kier molecular flexibility index (Phi) is 4.33. The Morgan fingerprint density at radius 3 is 2.75 bits per heavy atom. The van der Waals surface area contributed by atoms with Crippen LogP contribution in [0.4, 0.5) is 18.3 Å². The lowest BCUT2D eigenvalue weighted by atomic mass is 10.1. The molecule has 0 N–H and O–H groups in total. The van der Waals surface area contributed by atoms with Crippen molar-refractivity contribution in [3.63, 3.8) is 0 Å². The van der Waals surface area contributed by atoms with Gasteiger partial charge in [-0.25, -0.2) is 0 Å². The first-order valence-electron chi connectivity index (χ1n) is 5.62. The number of thioether (sulfide) groups is 1. The Morgan fingerprint density at radius 1 is 1.50 bits per heavy atom. The van der Waals surface area contributed by atoms with Gasteiger partial charge in [-0.05, 0) is 5.92 Å². The highest BCUT2D eigenvalue weighted by molar-refractivity contribution is 8.13. The molecule has 1 aliphatic rings. The highest BCUT2D eigenvalue weighted by atomic mass is 32.2. The van der Waals surface area contributed by atoms with Crippen molar-refractivity contribution < 1.29 is 22.8 Å². The maximum atomic E-state index is 12.4. The van der Waals surface area contributed by atoms with Gasteiger partial charge in [0, 0.05) is 25.6 Å². The van der Waals surface area contributed by atoms with E-state index >= 15 is 0 Å². The van der Waals surface area contributed by atoms with Crippen LogP contribution in [0.15, 0.2) is 0 Å². The number of hydrogen-bond acceptors (Lipinski definition) is 6.